The zero-order valence-electron chi connectivity index (χ0n) is 11.9. The summed E-state index contributed by atoms with van der Waals surface area (Å²) in [5.41, 5.74) is 0.134. The van der Waals surface area contributed by atoms with E-state index in [9.17, 15) is 5.11 Å². The molecule has 0 saturated carbocycles. The van der Waals surface area contributed by atoms with Gasteiger partial charge >= 0.3 is 0 Å². The summed E-state index contributed by atoms with van der Waals surface area (Å²) in [6.07, 6.45) is 0.871. The first kappa shape index (κ1) is 15.0. The summed E-state index contributed by atoms with van der Waals surface area (Å²) in [6.45, 7) is 9.65. The minimum absolute atomic E-state index is 0.171. The van der Waals surface area contributed by atoms with Crippen LogP contribution in [0.5, 0.6) is 5.75 Å². The zero-order chi connectivity index (χ0) is 13.6. The summed E-state index contributed by atoms with van der Waals surface area (Å²) in [4.78, 5) is 0. The third kappa shape index (κ3) is 4.67. The Morgan fingerprint density at radius 3 is 2.39 bits per heavy atom. The van der Waals surface area contributed by atoms with Crippen LogP contribution in [0.3, 0.4) is 0 Å². The van der Waals surface area contributed by atoms with Crippen molar-refractivity contribution in [2.45, 2.75) is 45.8 Å². The van der Waals surface area contributed by atoms with Crippen LogP contribution in [0.1, 0.15) is 39.7 Å². The lowest BCUT2D eigenvalue weighted by molar-refractivity contribution is 0.0481. The van der Waals surface area contributed by atoms with Gasteiger partial charge in [-0.25, -0.2) is 0 Å². The molecule has 0 aliphatic heterocycles. The number of nitrogens with one attached hydrogen (secondary N) is 1. The van der Waals surface area contributed by atoms with Crippen molar-refractivity contribution in [1.29, 1.82) is 0 Å². The zero-order valence-corrected chi connectivity index (χ0v) is 11.9. The largest absolute Gasteiger partial charge is 0.491 e. The van der Waals surface area contributed by atoms with Crippen LogP contribution in [0, 0.1) is 0 Å². The van der Waals surface area contributed by atoms with Gasteiger partial charge in [0.05, 0.1) is 11.7 Å². The Labute approximate surface area is 110 Å². The van der Waals surface area contributed by atoms with Gasteiger partial charge in [-0.05, 0) is 58.0 Å². The van der Waals surface area contributed by atoms with E-state index < -0.39 is 5.60 Å². The molecule has 1 rings (SSSR count). The number of hydrogen-bond donors (Lipinski definition) is 2. The molecular formula is C15H25NO2. The Kier molecular flexibility index (Phi) is 5.63. The van der Waals surface area contributed by atoms with Gasteiger partial charge in [-0.1, -0.05) is 19.1 Å². The average molecular weight is 251 g/mol. The van der Waals surface area contributed by atoms with Crippen LogP contribution in [0.15, 0.2) is 24.3 Å². The highest BCUT2D eigenvalue weighted by atomic mass is 16.5. The molecule has 1 atom stereocenters. The van der Waals surface area contributed by atoms with Crippen molar-refractivity contribution in [1.82, 2.24) is 5.32 Å². The van der Waals surface area contributed by atoms with E-state index in [0.717, 1.165) is 24.4 Å². The number of rotatable bonds is 7. The van der Waals surface area contributed by atoms with Crippen molar-refractivity contribution in [3.05, 3.63) is 29.8 Å². The van der Waals surface area contributed by atoms with E-state index in [4.69, 9.17) is 4.74 Å². The predicted molar refractivity (Wildman–Crippen MR) is 74.9 cm³/mol. The smallest absolute Gasteiger partial charge is 0.119 e. The molecule has 0 aliphatic rings. The molecule has 1 aromatic carbocycles. The molecule has 0 fully saturated rings. The van der Waals surface area contributed by atoms with Gasteiger partial charge in [0.25, 0.3) is 0 Å². The van der Waals surface area contributed by atoms with E-state index in [1.54, 1.807) is 0 Å². The van der Waals surface area contributed by atoms with E-state index >= 15 is 0 Å². The Bertz CT molecular complexity index is 344. The summed E-state index contributed by atoms with van der Waals surface area (Å²) in [7, 11) is 0. The second-order valence-electron chi connectivity index (χ2n) is 5.07. The van der Waals surface area contributed by atoms with E-state index in [1.807, 2.05) is 45.0 Å². The fourth-order valence-corrected chi connectivity index (χ4v) is 1.82. The molecule has 0 spiro atoms. The maximum absolute atomic E-state index is 10.4. The molecule has 3 nitrogen and oxygen atoms in total. The van der Waals surface area contributed by atoms with E-state index in [-0.39, 0.29) is 6.10 Å². The second kappa shape index (κ2) is 6.76. The van der Waals surface area contributed by atoms with Crippen molar-refractivity contribution >= 4 is 0 Å². The topological polar surface area (TPSA) is 41.5 Å². The Morgan fingerprint density at radius 1 is 1.28 bits per heavy atom. The molecule has 0 amide bonds. The lowest BCUT2D eigenvalue weighted by Gasteiger charge is -2.24. The molecule has 0 saturated heterocycles. The van der Waals surface area contributed by atoms with Gasteiger partial charge in [-0.15, -0.1) is 0 Å². The van der Waals surface area contributed by atoms with Crippen molar-refractivity contribution in [3.8, 4) is 5.75 Å². The summed E-state index contributed by atoms with van der Waals surface area (Å²) in [5.74, 6) is 0.844. The van der Waals surface area contributed by atoms with Gasteiger partial charge in [0.2, 0.25) is 0 Å². The Balaban J connectivity index is 2.65. The quantitative estimate of drug-likeness (QED) is 0.732. The van der Waals surface area contributed by atoms with E-state index in [1.165, 1.54) is 0 Å². The highest BCUT2D eigenvalue weighted by Gasteiger charge is 2.22. The van der Waals surface area contributed by atoms with E-state index in [2.05, 4.69) is 12.2 Å². The minimum atomic E-state index is -0.793. The van der Waals surface area contributed by atoms with Gasteiger partial charge in [-0.3, -0.25) is 0 Å². The molecule has 0 aromatic heterocycles. The molecular weight excluding hydrogens is 226 g/mol. The van der Waals surface area contributed by atoms with E-state index in [0.29, 0.717) is 6.42 Å². The lowest BCUT2D eigenvalue weighted by atomic mass is 9.92. The van der Waals surface area contributed by atoms with Gasteiger partial charge in [0.1, 0.15) is 5.75 Å². The fraction of sp³-hybridized carbons (Fsp3) is 0.600. The second-order valence-corrected chi connectivity index (χ2v) is 5.07. The number of benzene rings is 1. The normalized spacial score (nSPS) is 14.6. The van der Waals surface area contributed by atoms with Gasteiger partial charge in [0.15, 0.2) is 0 Å². The summed E-state index contributed by atoms with van der Waals surface area (Å²) in [5, 5.41) is 13.6. The van der Waals surface area contributed by atoms with Crippen LogP contribution >= 0.6 is 0 Å². The average Bonchev–Trinajstić information content (AvgIpc) is 2.29. The summed E-state index contributed by atoms with van der Waals surface area (Å²) < 4.78 is 5.59. The molecule has 102 valence electrons. The SMILES string of the molecule is CCNCCC(C)(O)c1ccc(OC(C)C)cc1. The molecule has 0 radical (unpaired) electrons. The first-order valence-electron chi connectivity index (χ1n) is 6.66. The highest BCUT2D eigenvalue weighted by molar-refractivity contribution is 5.30. The molecule has 1 unspecified atom stereocenters. The minimum Gasteiger partial charge on any atom is -0.491 e. The first-order valence-corrected chi connectivity index (χ1v) is 6.66. The van der Waals surface area contributed by atoms with Gasteiger partial charge in [-0.2, -0.15) is 0 Å². The third-order valence-corrected chi connectivity index (χ3v) is 2.89. The molecule has 18 heavy (non-hydrogen) atoms. The highest BCUT2D eigenvalue weighted by Crippen LogP contribution is 2.26. The third-order valence-electron chi connectivity index (χ3n) is 2.89. The summed E-state index contributed by atoms with van der Waals surface area (Å²) in [6, 6.07) is 7.70. The number of ether oxygens (including phenoxy) is 1. The lowest BCUT2D eigenvalue weighted by Crippen LogP contribution is -2.27. The van der Waals surface area contributed by atoms with Crippen LogP contribution in [-0.4, -0.2) is 24.3 Å². The van der Waals surface area contributed by atoms with Crippen molar-refractivity contribution < 1.29 is 9.84 Å². The maximum atomic E-state index is 10.4. The number of hydrogen-bond acceptors (Lipinski definition) is 3. The molecule has 0 heterocycles. The first-order chi connectivity index (χ1) is 8.45. The molecule has 2 N–H and O–H groups in total. The van der Waals surface area contributed by atoms with Crippen molar-refractivity contribution in [3.63, 3.8) is 0 Å². The van der Waals surface area contributed by atoms with Crippen molar-refractivity contribution in [2.75, 3.05) is 13.1 Å². The van der Waals surface area contributed by atoms with Gasteiger partial charge in [0, 0.05) is 0 Å². The number of aliphatic hydroxyl groups is 1. The van der Waals surface area contributed by atoms with Gasteiger partial charge < -0.3 is 15.2 Å². The van der Waals surface area contributed by atoms with Crippen molar-refractivity contribution in [2.24, 2.45) is 0 Å². The van der Waals surface area contributed by atoms with Crippen LogP contribution < -0.4 is 10.1 Å². The summed E-state index contributed by atoms with van der Waals surface area (Å²) >= 11 is 0. The molecule has 0 bridgehead atoms. The Morgan fingerprint density at radius 2 is 1.89 bits per heavy atom. The standard InChI is InChI=1S/C15H25NO2/c1-5-16-11-10-15(4,17)13-6-8-14(9-7-13)18-12(2)3/h6-9,12,16-17H,5,10-11H2,1-4H3. The van der Waals surface area contributed by atoms with Crippen LogP contribution in [-0.2, 0) is 5.60 Å². The Hall–Kier alpha value is -1.06. The van der Waals surface area contributed by atoms with Crippen LogP contribution in [0.25, 0.3) is 0 Å². The molecule has 3 heteroatoms. The monoisotopic (exact) mass is 251 g/mol. The predicted octanol–water partition coefficient (Wildman–Crippen LogP) is 2.68. The van der Waals surface area contributed by atoms with Crippen LogP contribution in [0.4, 0.5) is 0 Å². The maximum Gasteiger partial charge on any atom is 0.119 e. The fourth-order valence-electron chi connectivity index (χ4n) is 1.82. The van der Waals surface area contributed by atoms with Crippen LogP contribution in [0.2, 0.25) is 0 Å². The molecule has 0 aliphatic carbocycles. The molecule has 1 aromatic rings.